The highest BCUT2D eigenvalue weighted by Crippen LogP contribution is 2.32. The van der Waals surface area contributed by atoms with E-state index in [1.165, 1.54) is 0 Å². The lowest BCUT2D eigenvalue weighted by molar-refractivity contribution is 1.33. The Morgan fingerprint density at radius 1 is 1.09 bits per heavy atom. The number of hydrogen-bond acceptors (Lipinski definition) is 0. The van der Waals surface area contributed by atoms with Crippen LogP contribution >= 0.6 is 43.5 Å². The van der Waals surface area contributed by atoms with E-state index in [2.05, 4.69) is 31.9 Å². The molecule has 1 aromatic carbocycles. The van der Waals surface area contributed by atoms with Crippen LogP contribution in [0, 0.1) is 13.8 Å². The van der Waals surface area contributed by atoms with Crippen molar-refractivity contribution in [2.24, 2.45) is 0 Å². The van der Waals surface area contributed by atoms with Gasteiger partial charge in [0.05, 0.1) is 0 Å². The van der Waals surface area contributed by atoms with E-state index in [9.17, 15) is 0 Å². The molecule has 0 aromatic heterocycles. The Balaban J connectivity index is 3.46. The zero-order valence-electron chi connectivity index (χ0n) is 6.21. The lowest BCUT2D eigenvalue weighted by atomic mass is 10.2. The molecule has 0 aliphatic rings. The summed E-state index contributed by atoms with van der Waals surface area (Å²) in [5.74, 6) is 0. The lowest BCUT2D eigenvalue weighted by Crippen LogP contribution is -1.84. The van der Waals surface area contributed by atoms with Crippen molar-refractivity contribution in [3.05, 3.63) is 31.2 Å². The van der Waals surface area contributed by atoms with Gasteiger partial charge in [-0.25, -0.2) is 0 Å². The molecule has 0 fully saturated rings. The molecule has 0 bridgehead atoms. The largest absolute Gasteiger partial charge is 0.0837 e. The van der Waals surface area contributed by atoms with E-state index in [4.69, 9.17) is 11.6 Å². The fourth-order valence-electron chi connectivity index (χ4n) is 0.819. The van der Waals surface area contributed by atoms with Gasteiger partial charge in [0.15, 0.2) is 0 Å². The molecule has 1 aromatic rings. The third-order valence-electron chi connectivity index (χ3n) is 1.63. The van der Waals surface area contributed by atoms with Crippen molar-refractivity contribution in [3.8, 4) is 0 Å². The first-order chi connectivity index (χ1) is 5.04. The maximum Gasteiger partial charge on any atom is 0.0486 e. The fourth-order valence-corrected chi connectivity index (χ4v) is 2.41. The summed E-state index contributed by atoms with van der Waals surface area (Å²) in [5, 5.41) is 0.825. The average Bonchev–Trinajstić information content (AvgIpc) is 1.97. The molecule has 1 rings (SSSR count). The van der Waals surface area contributed by atoms with E-state index in [0.717, 1.165) is 25.1 Å². The molecule has 0 unspecified atom stereocenters. The van der Waals surface area contributed by atoms with Gasteiger partial charge in [0.25, 0.3) is 0 Å². The van der Waals surface area contributed by atoms with Crippen LogP contribution in [0.4, 0.5) is 0 Å². The van der Waals surface area contributed by atoms with Gasteiger partial charge in [0, 0.05) is 14.0 Å². The van der Waals surface area contributed by atoms with E-state index in [1.54, 1.807) is 0 Å². The van der Waals surface area contributed by atoms with Gasteiger partial charge in [0.1, 0.15) is 0 Å². The molecule has 0 aliphatic heterocycles. The van der Waals surface area contributed by atoms with E-state index in [0.29, 0.717) is 0 Å². The summed E-state index contributed by atoms with van der Waals surface area (Å²) in [4.78, 5) is 0. The molecular weight excluding hydrogens is 291 g/mol. The number of halogens is 3. The molecule has 0 saturated heterocycles. The first-order valence-electron chi connectivity index (χ1n) is 3.14. The molecule has 0 heterocycles. The number of benzene rings is 1. The van der Waals surface area contributed by atoms with Gasteiger partial charge in [-0.15, -0.1) is 0 Å². The van der Waals surface area contributed by atoms with Crippen LogP contribution in [0.1, 0.15) is 11.1 Å². The predicted octanol–water partition coefficient (Wildman–Crippen LogP) is 4.48. The summed E-state index contributed by atoms with van der Waals surface area (Å²) in [6.07, 6.45) is 0. The molecule has 0 N–H and O–H groups in total. The minimum atomic E-state index is 0.825. The third-order valence-corrected chi connectivity index (χ3v) is 3.84. The van der Waals surface area contributed by atoms with Crippen molar-refractivity contribution >= 4 is 43.5 Å². The second-order valence-corrected chi connectivity index (χ2v) is 4.49. The lowest BCUT2D eigenvalue weighted by Gasteiger charge is -2.06. The Hall–Kier alpha value is 0.470. The Morgan fingerprint density at radius 2 is 1.45 bits per heavy atom. The quantitative estimate of drug-likeness (QED) is 0.662. The standard InChI is InChI=1S/C8H7Br2Cl/c1-4-6(9)3-7(10)5(2)8(4)11/h3H,1-2H3. The Labute approximate surface area is 88.2 Å². The van der Waals surface area contributed by atoms with Gasteiger partial charge in [-0.1, -0.05) is 43.5 Å². The van der Waals surface area contributed by atoms with Crippen molar-refractivity contribution in [3.63, 3.8) is 0 Å². The molecular formula is C8H7Br2Cl. The van der Waals surface area contributed by atoms with Gasteiger partial charge in [-0.2, -0.15) is 0 Å². The zero-order chi connectivity index (χ0) is 8.59. The Kier molecular flexibility index (Phi) is 3.01. The van der Waals surface area contributed by atoms with Gasteiger partial charge in [-0.3, -0.25) is 0 Å². The molecule has 0 amide bonds. The van der Waals surface area contributed by atoms with Gasteiger partial charge in [-0.05, 0) is 31.0 Å². The summed E-state index contributed by atoms with van der Waals surface area (Å²) >= 11 is 12.9. The van der Waals surface area contributed by atoms with Crippen LogP contribution < -0.4 is 0 Å². The molecule has 0 aliphatic carbocycles. The SMILES string of the molecule is Cc1c(Br)cc(Br)c(C)c1Cl. The maximum atomic E-state index is 6.03. The fraction of sp³-hybridized carbons (Fsp3) is 0.250. The summed E-state index contributed by atoms with van der Waals surface area (Å²) in [6, 6.07) is 2.01. The third kappa shape index (κ3) is 1.79. The summed E-state index contributed by atoms with van der Waals surface area (Å²) < 4.78 is 2.08. The van der Waals surface area contributed by atoms with Crippen LogP contribution in [-0.4, -0.2) is 0 Å². The first kappa shape index (κ1) is 9.56. The van der Waals surface area contributed by atoms with Crippen molar-refractivity contribution in [2.45, 2.75) is 13.8 Å². The summed E-state index contributed by atoms with van der Waals surface area (Å²) in [7, 11) is 0. The van der Waals surface area contributed by atoms with Gasteiger partial charge in [0.2, 0.25) is 0 Å². The summed E-state index contributed by atoms with van der Waals surface area (Å²) in [5.41, 5.74) is 2.18. The number of rotatable bonds is 0. The summed E-state index contributed by atoms with van der Waals surface area (Å²) in [6.45, 7) is 3.98. The van der Waals surface area contributed by atoms with Gasteiger partial charge >= 0.3 is 0 Å². The minimum Gasteiger partial charge on any atom is -0.0837 e. The van der Waals surface area contributed by atoms with Crippen molar-refractivity contribution in [1.82, 2.24) is 0 Å². The molecule has 0 nitrogen and oxygen atoms in total. The topological polar surface area (TPSA) is 0 Å². The molecule has 0 atom stereocenters. The van der Waals surface area contributed by atoms with Crippen molar-refractivity contribution in [2.75, 3.05) is 0 Å². The number of hydrogen-bond donors (Lipinski definition) is 0. The van der Waals surface area contributed by atoms with Crippen LogP contribution in [0.2, 0.25) is 5.02 Å². The van der Waals surface area contributed by atoms with Gasteiger partial charge < -0.3 is 0 Å². The zero-order valence-corrected chi connectivity index (χ0v) is 10.1. The molecule has 3 heteroatoms. The highest BCUT2D eigenvalue weighted by atomic mass is 79.9. The average molecular weight is 298 g/mol. The van der Waals surface area contributed by atoms with Crippen LogP contribution in [0.15, 0.2) is 15.0 Å². The monoisotopic (exact) mass is 296 g/mol. The van der Waals surface area contributed by atoms with Crippen LogP contribution in [0.5, 0.6) is 0 Å². The molecule has 11 heavy (non-hydrogen) atoms. The molecule has 0 spiro atoms. The van der Waals surface area contributed by atoms with E-state index in [1.807, 2.05) is 19.9 Å². The van der Waals surface area contributed by atoms with Crippen LogP contribution in [0.3, 0.4) is 0 Å². The predicted molar refractivity (Wildman–Crippen MR) is 56.3 cm³/mol. The first-order valence-corrected chi connectivity index (χ1v) is 5.11. The molecule has 0 saturated carbocycles. The normalized spacial score (nSPS) is 10.3. The molecule has 0 radical (unpaired) electrons. The molecule has 60 valence electrons. The van der Waals surface area contributed by atoms with E-state index < -0.39 is 0 Å². The van der Waals surface area contributed by atoms with Crippen molar-refractivity contribution < 1.29 is 0 Å². The smallest absolute Gasteiger partial charge is 0.0486 e. The minimum absolute atomic E-state index is 0.825. The second-order valence-electron chi connectivity index (χ2n) is 2.40. The Morgan fingerprint density at radius 3 is 1.82 bits per heavy atom. The van der Waals surface area contributed by atoms with Crippen LogP contribution in [-0.2, 0) is 0 Å². The second kappa shape index (κ2) is 3.46. The highest BCUT2D eigenvalue weighted by molar-refractivity contribution is 9.11. The Bertz CT molecular complexity index is 268. The van der Waals surface area contributed by atoms with Crippen LogP contribution in [0.25, 0.3) is 0 Å². The maximum absolute atomic E-state index is 6.03. The highest BCUT2D eigenvalue weighted by Gasteiger charge is 2.06. The van der Waals surface area contributed by atoms with E-state index in [-0.39, 0.29) is 0 Å². The van der Waals surface area contributed by atoms with E-state index >= 15 is 0 Å². The van der Waals surface area contributed by atoms with Crippen molar-refractivity contribution in [1.29, 1.82) is 0 Å².